The van der Waals surface area contributed by atoms with E-state index >= 15 is 0 Å². The van der Waals surface area contributed by atoms with Gasteiger partial charge >= 0.3 is 0 Å². The van der Waals surface area contributed by atoms with Crippen molar-refractivity contribution in [3.8, 4) is 5.75 Å². The summed E-state index contributed by atoms with van der Waals surface area (Å²) in [6.07, 6.45) is 7.29. The molecule has 140 valence electrons. The zero-order chi connectivity index (χ0) is 19.3. The van der Waals surface area contributed by atoms with Crippen molar-refractivity contribution in [2.75, 3.05) is 10.6 Å². The summed E-state index contributed by atoms with van der Waals surface area (Å²) >= 11 is 5.93. The molecule has 0 saturated carbocycles. The summed E-state index contributed by atoms with van der Waals surface area (Å²) in [5.74, 6) is -0.153. The molecule has 0 bridgehead atoms. The van der Waals surface area contributed by atoms with Gasteiger partial charge in [0.1, 0.15) is 11.4 Å². The number of allylic oxidation sites excluding steroid dienone is 2. The van der Waals surface area contributed by atoms with Gasteiger partial charge in [0, 0.05) is 0 Å². The van der Waals surface area contributed by atoms with Crippen LogP contribution >= 0.6 is 11.6 Å². The first-order chi connectivity index (χ1) is 12.8. The number of rotatable bonds is 4. The van der Waals surface area contributed by atoms with Crippen molar-refractivity contribution in [1.82, 2.24) is 0 Å². The van der Waals surface area contributed by atoms with Crippen LogP contribution in [0.5, 0.6) is 5.75 Å². The molecule has 0 heterocycles. The molecule has 0 saturated heterocycles. The molecular formula is C21H21ClN2O3. The third kappa shape index (κ3) is 2.86. The van der Waals surface area contributed by atoms with E-state index in [4.69, 9.17) is 11.6 Å². The third-order valence-electron chi connectivity index (χ3n) is 5.68. The lowest BCUT2D eigenvalue weighted by molar-refractivity contribution is 0.290. The summed E-state index contributed by atoms with van der Waals surface area (Å²) in [6.45, 7) is 4.34. The second-order valence-corrected chi connectivity index (χ2v) is 8.31. The first kappa shape index (κ1) is 17.9. The van der Waals surface area contributed by atoms with Gasteiger partial charge in [-0.25, -0.2) is 0 Å². The van der Waals surface area contributed by atoms with Gasteiger partial charge in [0.2, 0.25) is 0 Å². The van der Waals surface area contributed by atoms with Crippen LogP contribution in [-0.4, -0.2) is 11.1 Å². The summed E-state index contributed by atoms with van der Waals surface area (Å²) in [7, 11) is 0. The maximum Gasteiger partial charge on any atom is 0.253 e. The number of hydrogen-bond acceptors (Lipinski definition) is 5. The minimum atomic E-state index is -0.596. The second kappa shape index (κ2) is 6.27. The van der Waals surface area contributed by atoms with Crippen molar-refractivity contribution in [3.05, 3.63) is 67.0 Å². The molecule has 0 aromatic heterocycles. The molecule has 27 heavy (non-hydrogen) atoms. The molecule has 4 rings (SSSR count). The van der Waals surface area contributed by atoms with Gasteiger partial charge in [-0.05, 0) is 42.4 Å². The van der Waals surface area contributed by atoms with Gasteiger partial charge < -0.3 is 15.7 Å². The standard InChI is InChI=1S/C21H21ClN2O3/c1-21(2)10-9-11-5-3-6-12(11)20(21)24-16-15(18(26)19(16)27)23-14-8-4-7-13(22)17(14)25/h3-4,6-8,20,23-25H,5,9-10H2,1-2H3/t20-/m0/s1. The van der Waals surface area contributed by atoms with E-state index in [1.165, 1.54) is 11.1 Å². The highest BCUT2D eigenvalue weighted by molar-refractivity contribution is 6.32. The zero-order valence-corrected chi connectivity index (χ0v) is 16.0. The van der Waals surface area contributed by atoms with E-state index < -0.39 is 10.9 Å². The average molecular weight is 385 g/mol. The van der Waals surface area contributed by atoms with E-state index in [9.17, 15) is 14.7 Å². The molecule has 0 radical (unpaired) electrons. The van der Waals surface area contributed by atoms with Crippen LogP contribution in [0.2, 0.25) is 5.02 Å². The number of halogens is 1. The van der Waals surface area contributed by atoms with Crippen LogP contribution in [0, 0.1) is 5.41 Å². The molecule has 3 N–H and O–H groups in total. The summed E-state index contributed by atoms with van der Waals surface area (Å²) in [5.41, 5.74) is 2.16. The lowest BCUT2D eigenvalue weighted by Gasteiger charge is -2.41. The first-order valence-corrected chi connectivity index (χ1v) is 9.40. The molecule has 5 nitrogen and oxygen atoms in total. The molecular weight excluding hydrogens is 364 g/mol. The Bertz CT molecular complexity index is 1060. The molecule has 0 aliphatic heterocycles. The number of aromatic hydroxyl groups is 1. The van der Waals surface area contributed by atoms with Crippen LogP contribution in [0.25, 0.3) is 0 Å². The molecule has 0 amide bonds. The molecule has 2 aromatic carbocycles. The Morgan fingerprint density at radius 3 is 2.70 bits per heavy atom. The summed E-state index contributed by atoms with van der Waals surface area (Å²) in [4.78, 5) is 24.4. The largest absolute Gasteiger partial charge is 0.504 e. The van der Waals surface area contributed by atoms with Crippen molar-refractivity contribution >= 4 is 28.7 Å². The van der Waals surface area contributed by atoms with Gasteiger partial charge in [0.15, 0.2) is 5.75 Å². The SMILES string of the molecule is CC1(C)CCC2=C(C=CC2)[C@@H]1Nc1c(Nc2cccc(Cl)c2O)c(=O)c1=O. The van der Waals surface area contributed by atoms with Crippen molar-refractivity contribution in [2.45, 2.75) is 39.2 Å². The molecule has 2 aliphatic carbocycles. The quantitative estimate of drug-likeness (QED) is 0.542. The van der Waals surface area contributed by atoms with Gasteiger partial charge in [0.05, 0.1) is 16.8 Å². The fourth-order valence-electron chi connectivity index (χ4n) is 3.97. The fraction of sp³-hybridized carbons (Fsp3) is 0.333. The van der Waals surface area contributed by atoms with E-state index in [0.717, 1.165) is 19.3 Å². The minimum Gasteiger partial charge on any atom is -0.504 e. The topological polar surface area (TPSA) is 78.4 Å². The molecule has 2 aromatic rings. The van der Waals surface area contributed by atoms with Gasteiger partial charge in [-0.15, -0.1) is 0 Å². The Morgan fingerprint density at radius 1 is 1.19 bits per heavy atom. The summed E-state index contributed by atoms with van der Waals surface area (Å²) in [5, 5.41) is 16.5. The van der Waals surface area contributed by atoms with E-state index in [0.29, 0.717) is 5.69 Å². The summed E-state index contributed by atoms with van der Waals surface area (Å²) < 4.78 is 0. The van der Waals surface area contributed by atoms with E-state index in [-0.39, 0.29) is 33.6 Å². The molecule has 0 unspecified atom stereocenters. The lowest BCUT2D eigenvalue weighted by Crippen LogP contribution is -2.45. The van der Waals surface area contributed by atoms with Crippen LogP contribution in [-0.2, 0) is 0 Å². The van der Waals surface area contributed by atoms with Crippen molar-refractivity contribution in [3.63, 3.8) is 0 Å². The van der Waals surface area contributed by atoms with E-state index in [1.54, 1.807) is 18.2 Å². The van der Waals surface area contributed by atoms with Gasteiger partial charge in [-0.3, -0.25) is 9.59 Å². The monoisotopic (exact) mass is 384 g/mol. The van der Waals surface area contributed by atoms with Crippen molar-refractivity contribution in [1.29, 1.82) is 0 Å². The van der Waals surface area contributed by atoms with E-state index in [1.807, 2.05) is 0 Å². The van der Waals surface area contributed by atoms with Crippen LogP contribution in [0.4, 0.5) is 17.1 Å². The maximum absolute atomic E-state index is 12.3. The number of benzene rings is 1. The van der Waals surface area contributed by atoms with Crippen LogP contribution < -0.4 is 21.5 Å². The van der Waals surface area contributed by atoms with E-state index in [2.05, 4.69) is 36.6 Å². The Balaban J connectivity index is 1.68. The number of anilines is 3. The second-order valence-electron chi connectivity index (χ2n) is 7.90. The Labute approximate surface area is 162 Å². The van der Waals surface area contributed by atoms with Crippen LogP contribution in [0.1, 0.15) is 33.1 Å². The predicted molar refractivity (Wildman–Crippen MR) is 109 cm³/mol. The number of phenols is 1. The first-order valence-electron chi connectivity index (χ1n) is 9.02. The maximum atomic E-state index is 12.3. The third-order valence-corrected chi connectivity index (χ3v) is 5.98. The van der Waals surface area contributed by atoms with Crippen molar-refractivity contribution < 1.29 is 5.11 Å². The van der Waals surface area contributed by atoms with Crippen LogP contribution in [0.15, 0.2) is 51.1 Å². The number of nitrogens with one attached hydrogen (secondary N) is 2. The molecule has 0 spiro atoms. The number of phenolic OH excluding ortho intramolecular Hbond substituents is 1. The predicted octanol–water partition coefficient (Wildman–Crippen LogP) is 4.24. The number of para-hydroxylation sites is 1. The fourth-order valence-corrected chi connectivity index (χ4v) is 4.14. The smallest absolute Gasteiger partial charge is 0.253 e. The Morgan fingerprint density at radius 2 is 1.93 bits per heavy atom. The van der Waals surface area contributed by atoms with Crippen molar-refractivity contribution in [2.24, 2.45) is 5.41 Å². The lowest BCUT2D eigenvalue weighted by atomic mass is 9.70. The molecule has 0 fully saturated rings. The average Bonchev–Trinajstić information content (AvgIpc) is 3.10. The van der Waals surface area contributed by atoms with Crippen LogP contribution in [0.3, 0.4) is 0 Å². The highest BCUT2D eigenvalue weighted by atomic mass is 35.5. The molecule has 1 atom stereocenters. The minimum absolute atomic E-state index is 0.0446. The highest BCUT2D eigenvalue weighted by Crippen LogP contribution is 2.44. The Hall–Kier alpha value is -2.53. The van der Waals surface area contributed by atoms with Gasteiger partial charge in [-0.1, -0.05) is 49.2 Å². The molecule has 2 aliphatic rings. The molecule has 6 heteroatoms. The Kier molecular flexibility index (Phi) is 4.15. The summed E-state index contributed by atoms with van der Waals surface area (Å²) in [6, 6.07) is 4.77. The highest BCUT2D eigenvalue weighted by Gasteiger charge is 2.39. The number of hydrogen-bond donors (Lipinski definition) is 3. The van der Waals surface area contributed by atoms with Gasteiger partial charge in [0.25, 0.3) is 10.9 Å². The zero-order valence-electron chi connectivity index (χ0n) is 15.2. The van der Waals surface area contributed by atoms with Gasteiger partial charge in [-0.2, -0.15) is 0 Å². The normalized spacial score (nSPS) is 20.8.